The average molecular weight is 782 g/mol. The van der Waals surface area contributed by atoms with Crippen LogP contribution in [0.5, 0.6) is 5.75 Å². The van der Waals surface area contributed by atoms with Crippen LogP contribution < -0.4 is 19.8 Å². The molecule has 3 heterocycles. The van der Waals surface area contributed by atoms with E-state index < -0.39 is 5.92 Å². The van der Waals surface area contributed by atoms with Crippen molar-refractivity contribution in [3.63, 3.8) is 0 Å². The molecule has 8 nitrogen and oxygen atoms in total. The number of nitrogens with zero attached hydrogens (tertiary/aromatic N) is 1. The Balaban J connectivity index is 1.15. The van der Waals surface area contributed by atoms with Crippen LogP contribution in [-0.2, 0) is 14.4 Å². The van der Waals surface area contributed by atoms with Crippen molar-refractivity contribution in [2.45, 2.75) is 29.5 Å². The van der Waals surface area contributed by atoms with Gasteiger partial charge in [0.15, 0.2) is 6.61 Å². The van der Waals surface area contributed by atoms with Crippen molar-refractivity contribution in [3.05, 3.63) is 101 Å². The summed E-state index contributed by atoms with van der Waals surface area (Å²) in [5.41, 5.74) is 3.13. The summed E-state index contributed by atoms with van der Waals surface area (Å²) < 4.78 is 7.94. The molecular weight excluding hydrogens is 754 g/mol. The predicted octanol–water partition coefficient (Wildman–Crippen LogP) is 6.97. The molecular formula is C34H27Br2N3O5S2. The first-order valence-corrected chi connectivity index (χ1v) is 18.3. The molecule has 2 N–H and O–H groups in total. The van der Waals surface area contributed by atoms with Gasteiger partial charge < -0.3 is 15.0 Å². The minimum Gasteiger partial charge on any atom is -0.483 e. The number of imide groups is 1. The van der Waals surface area contributed by atoms with E-state index in [4.69, 9.17) is 4.74 Å². The van der Waals surface area contributed by atoms with E-state index in [2.05, 4.69) is 42.2 Å². The van der Waals surface area contributed by atoms with Gasteiger partial charge in [-0.2, -0.15) is 0 Å². The molecule has 3 aromatic carbocycles. The van der Waals surface area contributed by atoms with Crippen LogP contribution in [0.15, 0.2) is 85.5 Å². The zero-order valence-electron chi connectivity index (χ0n) is 24.4. The van der Waals surface area contributed by atoms with Crippen LogP contribution in [0.2, 0.25) is 0 Å². The molecule has 8 rings (SSSR count). The summed E-state index contributed by atoms with van der Waals surface area (Å²) in [4.78, 5) is 58.9. The molecule has 3 amide bonds. The molecule has 234 valence electrons. The van der Waals surface area contributed by atoms with Gasteiger partial charge >= 0.3 is 4.87 Å². The number of benzene rings is 3. The third kappa shape index (κ3) is 4.82. The van der Waals surface area contributed by atoms with Crippen LogP contribution in [0.3, 0.4) is 0 Å². The number of hydrogen-bond acceptors (Lipinski definition) is 7. The van der Waals surface area contributed by atoms with E-state index in [1.165, 1.54) is 16.2 Å². The number of thiazole rings is 1. The van der Waals surface area contributed by atoms with Gasteiger partial charge in [-0.3, -0.25) is 24.1 Å². The molecule has 2 aliphatic heterocycles. The summed E-state index contributed by atoms with van der Waals surface area (Å²) >= 11 is 9.91. The molecule has 1 aromatic heterocycles. The Morgan fingerprint density at radius 2 is 1.70 bits per heavy atom. The van der Waals surface area contributed by atoms with Crippen LogP contribution >= 0.6 is 55.0 Å². The van der Waals surface area contributed by atoms with Gasteiger partial charge in [-0.1, -0.05) is 61.4 Å². The van der Waals surface area contributed by atoms with Gasteiger partial charge in [0, 0.05) is 36.2 Å². The number of rotatable bonds is 6. The molecule has 1 saturated heterocycles. The Hall–Kier alpha value is -3.19. The second-order valence-corrected chi connectivity index (χ2v) is 16.3. The fourth-order valence-electron chi connectivity index (χ4n) is 8.15. The molecule has 2 aliphatic carbocycles. The number of aromatic nitrogens is 1. The number of anilines is 2. The average Bonchev–Trinajstić information content (AvgIpc) is 3.77. The maximum atomic E-state index is 14.1. The Labute approximate surface area is 289 Å². The first kappa shape index (κ1) is 30.2. The van der Waals surface area contributed by atoms with Crippen molar-refractivity contribution >= 4 is 84.1 Å². The number of carbonyl (C=O) groups is 3. The minimum absolute atomic E-state index is 0.00244. The molecule has 2 bridgehead atoms. The summed E-state index contributed by atoms with van der Waals surface area (Å²) in [6.07, 6.45) is 0.780. The predicted molar refractivity (Wildman–Crippen MR) is 185 cm³/mol. The number of H-pyrrole nitrogens is 1. The van der Waals surface area contributed by atoms with Gasteiger partial charge in [-0.25, -0.2) is 0 Å². The van der Waals surface area contributed by atoms with E-state index >= 15 is 0 Å². The molecule has 4 aromatic rings. The fraction of sp³-hybridized carbons (Fsp3) is 0.294. The topological polar surface area (TPSA) is 109 Å². The number of fused-ring (bicyclic) bond motifs is 9. The monoisotopic (exact) mass is 779 g/mol. The van der Waals surface area contributed by atoms with Gasteiger partial charge in [-0.15, -0.1) is 11.8 Å². The highest BCUT2D eigenvalue weighted by Crippen LogP contribution is 2.69. The molecule has 7 atom stereocenters. The smallest absolute Gasteiger partial charge is 0.305 e. The van der Waals surface area contributed by atoms with Crippen molar-refractivity contribution in [2.24, 2.45) is 29.6 Å². The molecule has 6 unspecified atom stereocenters. The maximum Gasteiger partial charge on any atom is 0.305 e. The maximum absolute atomic E-state index is 14.1. The Morgan fingerprint density at radius 1 is 0.978 bits per heavy atom. The highest BCUT2D eigenvalue weighted by molar-refractivity contribution is 9.10. The number of aromatic amines is 1. The number of amides is 3. The van der Waals surface area contributed by atoms with Gasteiger partial charge in [-0.05, 0) is 85.2 Å². The zero-order chi connectivity index (χ0) is 31.9. The number of aryl methyl sites for hydroxylation is 1. The van der Waals surface area contributed by atoms with Crippen molar-refractivity contribution in [3.8, 4) is 5.75 Å². The second kappa shape index (κ2) is 11.5. The van der Waals surface area contributed by atoms with Crippen molar-refractivity contribution in [1.29, 1.82) is 0 Å². The van der Waals surface area contributed by atoms with Gasteiger partial charge in [0.25, 0.3) is 5.91 Å². The lowest BCUT2D eigenvalue weighted by Gasteiger charge is -2.43. The van der Waals surface area contributed by atoms with Crippen molar-refractivity contribution < 1.29 is 19.1 Å². The molecule has 4 aliphatic rings. The number of hydrogen-bond donors (Lipinski definition) is 2. The Kier molecular flexibility index (Phi) is 7.54. The molecule has 46 heavy (non-hydrogen) atoms. The lowest BCUT2D eigenvalue weighted by molar-refractivity contribution is -0.123. The summed E-state index contributed by atoms with van der Waals surface area (Å²) in [5.74, 6) is -1.10. The van der Waals surface area contributed by atoms with E-state index in [1.807, 2.05) is 61.5 Å². The lowest BCUT2D eigenvalue weighted by Crippen LogP contribution is -2.42. The summed E-state index contributed by atoms with van der Waals surface area (Å²) in [6, 6.07) is 20.6. The normalized spacial score (nSPS) is 27.4. The highest BCUT2D eigenvalue weighted by atomic mass is 79.9. The molecule has 3 fully saturated rings. The van der Waals surface area contributed by atoms with Gasteiger partial charge in [0.1, 0.15) is 5.75 Å². The molecule has 12 heteroatoms. The SMILES string of the molecule is Cc1ccccc1NC(=O)COc1ccc(Br)cc1[C@H]1c2sc(=O)[nH]c2SC2C3CC(C4C(=O)N(c5ccc(Br)cc5)C(=O)C34)C21. The minimum atomic E-state index is -0.417. The summed E-state index contributed by atoms with van der Waals surface area (Å²) in [7, 11) is 0. The molecule has 2 saturated carbocycles. The third-order valence-corrected chi connectivity index (χ3v) is 13.5. The van der Waals surface area contributed by atoms with E-state index in [0.717, 1.165) is 42.1 Å². The second-order valence-electron chi connectivity index (χ2n) is 12.3. The van der Waals surface area contributed by atoms with Gasteiger partial charge in [0.05, 0.1) is 22.5 Å². The van der Waals surface area contributed by atoms with E-state index in [0.29, 0.717) is 11.4 Å². The van der Waals surface area contributed by atoms with Crippen LogP contribution in [0.25, 0.3) is 0 Å². The number of ether oxygens (including phenoxy) is 1. The number of nitrogens with one attached hydrogen (secondary N) is 2. The fourth-order valence-corrected chi connectivity index (χ4v) is 11.7. The van der Waals surface area contributed by atoms with E-state index in [1.54, 1.807) is 23.9 Å². The highest BCUT2D eigenvalue weighted by Gasteiger charge is 2.69. The number of para-hydroxylation sites is 1. The van der Waals surface area contributed by atoms with Crippen molar-refractivity contribution in [2.75, 3.05) is 16.8 Å². The summed E-state index contributed by atoms with van der Waals surface area (Å²) in [6.45, 7) is 1.74. The number of thioether (sulfide) groups is 1. The standard InChI is InChI=1S/C34H27Br2N3O5S2/c1-15-4-2-3-5-22(15)37-24(40)14-44-23-11-8-17(36)12-19(23)25-26-20-13-21(29(26)45-31-30(25)46-34(43)38-31)28-27(20)32(41)39(33(28)42)18-9-6-16(35)7-10-18/h2-12,20-21,25-29H,13-14H2,1H3,(H,37,40)(H,38,43)/t20?,21?,25-,26?,27?,28?,29?/m1/s1. The van der Waals surface area contributed by atoms with Crippen LogP contribution in [-0.4, -0.2) is 34.6 Å². The first-order chi connectivity index (χ1) is 22.2. The van der Waals surface area contributed by atoms with E-state index in [9.17, 15) is 19.2 Å². The third-order valence-electron chi connectivity index (χ3n) is 9.89. The van der Waals surface area contributed by atoms with Crippen LogP contribution in [0.4, 0.5) is 11.4 Å². The number of carbonyl (C=O) groups excluding carboxylic acids is 3. The van der Waals surface area contributed by atoms with Gasteiger partial charge in [0.2, 0.25) is 11.8 Å². The van der Waals surface area contributed by atoms with Crippen LogP contribution in [0.1, 0.15) is 28.3 Å². The van der Waals surface area contributed by atoms with Crippen molar-refractivity contribution in [1.82, 2.24) is 4.98 Å². The molecule has 0 spiro atoms. The summed E-state index contributed by atoms with van der Waals surface area (Å²) in [5, 5.41) is 3.78. The first-order valence-electron chi connectivity index (χ1n) is 15.0. The Morgan fingerprint density at radius 3 is 2.46 bits per heavy atom. The lowest BCUT2D eigenvalue weighted by atomic mass is 9.68. The van der Waals surface area contributed by atoms with E-state index in [-0.39, 0.29) is 64.0 Å². The zero-order valence-corrected chi connectivity index (χ0v) is 29.2. The quantitative estimate of drug-likeness (QED) is 0.205. The Bertz CT molecular complexity index is 1980. The van der Waals surface area contributed by atoms with Crippen LogP contribution in [0, 0.1) is 36.5 Å². The largest absolute Gasteiger partial charge is 0.483 e. The molecule has 0 radical (unpaired) electrons. The number of halogens is 2.